The second-order valence-corrected chi connectivity index (χ2v) is 9.15. The maximum absolute atomic E-state index is 13.4. The van der Waals surface area contributed by atoms with E-state index < -0.39 is 10.8 Å². The molecule has 8 heteroatoms. The Morgan fingerprint density at radius 2 is 1.75 bits per heavy atom. The summed E-state index contributed by atoms with van der Waals surface area (Å²) in [5.74, 6) is -0.925. The largest absolute Gasteiger partial charge is 0.507 e. The van der Waals surface area contributed by atoms with Crippen molar-refractivity contribution in [2.45, 2.75) is 25.2 Å². The van der Waals surface area contributed by atoms with E-state index in [2.05, 4.69) is 0 Å². The van der Waals surface area contributed by atoms with Gasteiger partial charge >= 0.3 is 0 Å². The van der Waals surface area contributed by atoms with Crippen molar-refractivity contribution in [1.29, 1.82) is 5.41 Å². The van der Waals surface area contributed by atoms with Crippen molar-refractivity contribution in [1.82, 2.24) is 0 Å². The van der Waals surface area contributed by atoms with Gasteiger partial charge in [0.15, 0.2) is 5.78 Å². The van der Waals surface area contributed by atoms with E-state index >= 15 is 0 Å². The molecule has 2 aliphatic rings. The highest BCUT2D eigenvalue weighted by atomic mass is 35.5. The first-order valence-corrected chi connectivity index (χ1v) is 11.9. The number of nitrogens with zero attached hydrogens (tertiary/aromatic N) is 2. The minimum atomic E-state index is -0.753. The number of hydrogen-bond donors (Lipinski definition) is 2. The van der Waals surface area contributed by atoms with E-state index in [0.29, 0.717) is 52.4 Å². The number of anilines is 1. The molecule has 36 heavy (non-hydrogen) atoms. The molecule has 3 aromatic carbocycles. The first kappa shape index (κ1) is 23.5. The number of nitro groups is 1. The average Bonchev–Trinajstić information content (AvgIpc) is 2.88. The topological polar surface area (TPSA) is 108 Å². The van der Waals surface area contributed by atoms with Crippen LogP contribution in [0.25, 0.3) is 5.76 Å². The summed E-state index contributed by atoms with van der Waals surface area (Å²) in [6.07, 6.45) is 1.55. The van der Waals surface area contributed by atoms with Gasteiger partial charge in [0.1, 0.15) is 11.6 Å². The van der Waals surface area contributed by atoms with Crippen molar-refractivity contribution in [2.75, 3.05) is 4.90 Å². The van der Waals surface area contributed by atoms with Gasteiger partial charge in [-0.3, -0.25) is 25.2 Å². The van der Waals surface area contributed by atoms with Gasteiger partial charge in [0.25, 0.3) is 5.69 Å². The summed E-state index contributed by atoms with van der Waals surface area (Å²) in [6.45, 7) is 0. The number of Topliss-reactive ketones (excluding diaryl/α,β-unsaturated/α-hetero) is 1. The number of non-ortho nitro benzene ring substituents is 1. The minimum Gasteiger partial charge on any atom is -0.507 e. The summed E-state index contributed by atoms with van der Waals surface area (Å²) in [7, 11) is 0. The van der Waals surface area contributed by atoms with E-state index in [1.807, 2.05) is 12.1 Å². The third-order valence-corrected chi connectivity index (χ3v) is 6.80. The van der Waals surface area contributed by atoms with Crippen molar-refractivity contribution in [3.05, 3.63) is 122 Å². The maximum atomic E-state index is 13.4. The van der Waals surface area contributed by atoms with E-state index in [-0.39, 0.29) is 28.6 Å². The Balaban J connectivity index is 1.81. The zero-order chi connectivity index (χ0) is 25.4. The third kappa shape index (κ3) is 4.07. The van der Waals surface area contributed by atoms with Gasteiger partial charge in [0.2, 0.25) is 0 Å². The molecule has 1 unspecified atom stereocenters. The second-order valence-electron chi connectivity index (χ2n) is 8.71. The van der Waals surface area contributed by atoms with Crippen molar-refractivity contribution < 1.29 is 14.8 Å². The van der Waals surface area contributed by atoms with E-state index in [4.69, 9.17) is 11.6 Å². The van der Waals surface area contributed by atoms with Gasteiger partial charge in [-0.25, -0.2) is 0 Å². The molecule has 5 rings (SSSR count). The molecule has 7 nitrogen and oxygen atoms in total. The van der Waals surface area contributed by atoms with E-state index in [1.165, 1.54) is 12.1 Å². The summed E-state index contributed by atoms with van der Waals surface area (Å²) in [5.41, 5.74) is 3.07. The van der Waals surface area contributed by atoms with Crippen LogP contribution in [0.3, 0.4) is 0 Å². The van der Waals surface area contributed by atoms with Gasteiger partial charge < -0.3 is 5.11 Å². The normalized spacial score (nSPS) is 19.2. The van der Waals surface area contributed by atoms with Crippen LogP contribution in [0, 0.1) is 15.5 Å². The highest BCUT2D eigenvalue weighted by Crippen LogP contribution is 2.48. The van der Waals surface area contributed by atoms with Crippen molar-refractivity contribution in [3.8, 4) is 0 Å². The smallest absolute Gasteiger partial charge is 0.269 e. The average molecular weight is 500 g/mol. The molecule has 0 fully saturated rings. The molecule has 180 valence electrons. The number of carbonyl (C=O) groups excluding carboxylic acids is 1. The van der Waals surface area contributed by atoms with Crippen molar-refractivity contribution >= 4 is 40.4 Å². The molecule has 1 atom stereocenters. The molecule has 1 heterocycles. The molecule has 0 spiro atoms. The summed E-state index contributed by atoms with van der Waals surface area (Å²) in [6, 6.07) is 21.9. The number of amidine groups is 1. The monoisotopic (exact) mass is 499 g/mol. The zero-order valence-electron chi connectivity index (χ0n) is 19.1. The standard InChI is InChI=1S/C28H22ClN3O4/c29-19-8-4-9-21(16-19)31-22-10-5-11-23(33)25(22)24(17-12-14-20(15-13-17)32(35)36)26(28(31)30)27(34)18-6-2-1-3-7-18/h1-4,6-9,12-16,24,30,34H,5,10-11H2/b27-26+,30-28?. The van der Waals surface area contributed by atoms with E-state index in [0.717, 1.165) is 0 Å². The number of rotatable bonds is 4. The van der Waals surface area contributed by atoms with Crippen LogP contribution in [0.5, 0.6) is 0 Å². The van der Waals surface area contributed by atoms with Crippen molar-refractivity contribution in [3.63, 3.8) is 0 Å². The predicted octanol–water partition coefficient (Wildman–Crippen LogP) is 6.81. The van der Waals surface area contributed by atoms with Crippen LogP contribution in [0.2, 0.25) is 5.02 Å². The Morgan fingerprint density at radius 3 is 2.42 bits per heavy atom. The molecule has 0 saturated carbocycles. The van der Waals surface area contributed by atoms with Gasteiger partial charge in [0.05, 0.1) is 4.92 Å². The Kier molecular flexibility index (Phi) is 6.16. The number of halogens is 1. The lowest BCUT2D eigenvalue weighted by Gasteiger charge is -2.41. The molecular formula is C28H22ClN3O4. The number of aliphatic hydroxyl groups excluding tert-OH is 1. The molecule has 3 aromatic rings. The molecule has 2 N–H and O–H groups in total. The molecule has 0 radical (unpaired) electrons. The summed E-state index contributed by atoms with van der Waals surface area (Å²) >= 11 is 6.28. The number of allylic oxidation sites excluding steroid dienone is 2. The third-order valence-electron chi connectivity index (χ3n) is 6.56. The van der Waals surface area contributed by atoms with Crippen molar-refractivity contribution in [2.24, 2.45) is 0 Å². The molecule has 1 aliphatic heterocycles. The van der Waals surface area contributed by atoms with E-state index in [9.17, 15) is 25.4 Å². The maximum Gasteiger partial charge on any atom is 0.269 e. The van der Waals surface area contributed by atoms with Crippen LogP contribution >= 0.6 is 11.6 Å². The van der Waals surface area contributed by atoms with E-state index in [1.54, 1.807) is 59.5 Å². The van der Waals surface area contributed by atoms with Crippen LogP contribution < -0.4 is 4.90 Å². The second kappa shape index (κ2) is 9.43. The quantitative estimate of drug-likeness (QED) is 0.233. The van der Waals surface area contributed by atoms with Crippen LogP contribution in [0.1, 0.15) is 36.3 Å². The SMILES string of the molecule is N=C1/C(=C(/O)c2ccccc2)C(c2ccc([N+](=O)[O-])cc2)C2=C(CCCC2=O)N1c1cccc(Cl)c1. The fraction of sp³-hybridized carbons (Fsp3) is 0.143. The van der Waals surface area contributed by atoms with Crippen LogP contribution in [0.4, 0.5) is 11.4 Å². The van der Waals surface area contributed by atoms with Crippen LogP contribution in [-0.2, 0) is 4.79 Å². The predicted molar refractivity (Wildman–Crippen MR) is 139 cm³/mol. The van der Waals surface area contributed by atoms with Gasteiger partial charge in [-0.2, -0.15) is 0 Å². The van der Waals surface area contributed by atoms with Gasteiger partial charge in [-0.1, -0.05) is 60.1 Å². The molecular weight excluding hydrogens is 478 g/mol. The number of nitrogens with one attached hydrogen (secondary N) is 1. The minimum absolute atomic E-state index is 0.0235. The molecule has 0 amide bonds. The summed E-state index contributed by atoms with van der Waals surface area (Å²) in [5, 5.41) is 32.5. The molecule has 1 aliphatic carbocycles. The number of aliphatic hydroxyl groups is 1. The Hall–Kier alpha value is -4.23. The highest BCUT2D eigenvalue weighted by molar-refractivity contribution is 6.31. The Labute approximate surface area is 212 Å². The molecule has 0 saturated heterocycles. The highest BCUT2D eigenvalue weighted by Gasteiger charge is 2.43. The lowest BCUT2D eigenvalue weighted by atomic mass is 9.73. The Bertz CT molecular complexity index is 1450. The number of hydrogen-bond acceptors (Lipinski definition) is 5. The number of nitro benzene ring substituents is 1. The number of benzene rings is 3. The van der Waals surface area contributed by atoms with Gasteiger partial charge in [-0.15, -0.1) is 0 Å². The lowest BCUT2D eigenvalue weighted by molar-refractivity contribution is -0.384. The summed E-state index contributed by atoms with van der Waals surface area (Å²) < 4.78 is 0. The van der Waals surface area contributed by atoms with Crippen LogP contribution in [-0.4, -0.2) is 21.6 Å². The summed E-state index contributed by atoms with van der Waals surface area (Å²) in [4.78, 5) is 25.9. The molecule has 0 bridgehead atoms. The zero-order valence-corrected chi connectivity index (χ0v) is 19.9. The lowest BCUT2D eigenvalue weighted by Crippen LogP contribution is -2.42. The van der Waals surface area contributed by atoms with Crippen LogP contribution in [0.15, 0.2) is 95.7 Å². The fourth-order valence-corrected chi connectivity index (χ4v) is 5.15. The number of carbonyl (C=O) groups is 1. The van der Waals surface area contributed by atoms with Gasteiger partial charge in [0, 0.05) is 57.6 Å². The fourth-order valence-electron chi connectivity index (χ4n) is 4.97. The first-order chi connectivity index (χ1) is 17.4. The van der Waals surface area contributed by atoms with Gasteiger partial charge in [-0.05, 0) is 36.6 Å². The molecule has 0 aromatic heterocycles. The Morgan fingerprint density at radius 1 is 1.03 bits per heavy atom. The number of ketones is 1. The first-order valence-electron chi connectivity index (χ1n) is 11.5.